The number of hydrogen-bond acceptors (Lipinski definition) is 4. The fourth-order valence-electron chi connectivity index (χ4n) is 0.947. The van der Waals surface area contributed by atoms with Gasteiger partial charge in [-0.05, 0) is 18.2 Å². The lowest BCUT2D eigenvalue weighted by atomic mass is 10.2. The van der Waals surface area contributed by atoms with Crippen molar-refractivity contribution in [1.82, 2.24) is 0 Å². The minimum Gasteiger partial charge on any atom is -0.506 e. The molecule has 0 aliphatic rings. The summed E-state index contributed by atoms with van der Waals surface area (Å²) in [5, 5.41) is 17.7. The number of esters is 1. The largest absolute Gasteiger partial charge is 0.506 e. The van der Waals surface area contributed by atoms with Crippen LogP contribution in [0.3, 0.4) is 0 Å². The number of carbonyl (C=O) groups excluding carboxylic acids is 1. The number of halogens is 1. The molecule has 2 N–H and O–H groups in total. The van der Waals surface area contributed by atoms with Crippen molar-refractivity contribution in [2.45, 2.75) is 6.42 Å². The Morgan fingerprint density at radius 1 is 1.47 bits per heavy atom. The van der Waals surface area contributed by atoms with Gasteiger partial charge in [-0.2, -0.15) is 0 Å². The van der Waals surface area contributed by atoms with Crippen molar-refractivity contribution < 1.29 is 19.7 Å². The van der Waals surface area contributed by atoms with Crippen molar-refractivity contribution in [2.75, 3.05) is 13.2 Å². The normalized spacial score (nSPS) is 10.0. The van der Waals surface area contributed by atoms with Crippen LogP contribution < -0.4 is 0 Å². The molecule has 82 valence electrons. The number of phenols is 1. The first-order valence-electron chi connectivity index (χ1n) is 4.41. The van der Waals surface area contributed by atoms with Gasteiger partial charge in [0.1, 0.15) is 5.75 Å². The Balaban J connectivity index is 2.62. The molecule has 1 aromatic carbocycles. The van der Waals surface area contributed by atoms with E-state index < -0.39 is 5.97 Å². The summed E-state index contributed by atoms with van der Waals surface area (Å²) in [6.45, 7) is 0.136. The zero-order chi connectivity index (χ0) is 11.3. The predicted molar refractivity (Wildman–Crippen MR) is 55.1 cm³/mol. The number of hydrogen-bond donors (Lipinski definition) is 2. The number of carbonyl (C=O) groups is 1. The van der Waals surface area contributed by atoms with Crippen molar-refractivity contribution >= 4 is 17.6 Å². The number of ether oxygens (including phenoxy) is 1. The highest BCUT2D eigenvalue weighted by Crippen LogP contribution is 2.23. The Bertz CT molecular complexity index is 351. The molecule has 0 unspecified atom stereocenters. The maximum Gasteiger partial charge on any atom is 0.338 e. The van der Waals surface area contributed by atoms with Gasteiger partial charge in [0.05, 0.1) is 17.2 Å². The first kappa shape index (κ1) is 11.8. The van der Waals surface area contributed by atoms with Gasteiger partial charge in [0.2, 0.25) is 0 Å². The second-order valence-electron chi connectivity index (χ2n) is 2.88. The first-order valence-corrected chi connectivity index (χ1v) is 4.79. The average Bonchev–Trinajstić information content (AvgIpc) is 2.22. The SMILES string of the molecule is O=C(OCCCO)c1ccc(O)c(Cl)c1. The molecule has 4 nitrogen and oxygen atoms in total. The summed E-state index contributed by atoms with van der Waals surface area (Å²) in [5.41, 5.74) is 0.274. The summed E-state index contributed by atoms with van der Waals surface area (Å²) in [5.74, 6) is -0.603. The van der Waals surface area contributed by atoms with E-state index in [1.807, 2.05) is 0 Å². The lowest BCUT2D eigenvalue weighted by Crippen LogP contribution is -2.07. The van der Waals surface area contributed by atoms with Crippen LogP contribution in [-0.4, -0.2) is 29.4 Å². The van der Waals surface area contributed by atoms with Gasteiger partial charge in [-0.15, -0.1) is 0 Å². The summed E-state index contributed by atoms with van der Waals surface area (Å²) < 4.78 is 4.82. The number of aliphatic hydroxyl groups excluding tert-OH is 1. The van der Waals surface area contributed by atoms with Crippen LogP contribution in [0.2, 0.25) is 5.02 Å². The molecule has 0 amide bonds. The van der Waals surface area contributed by atoms with Crippen molar-refractivity contribution in [3.05, 3.63) is 28.8 Å². The quantitative estimate of drug-likeness (QED) is 0.609. The predicted octanol–water partition coefficient (Wildman–Crippen LogP) is 1.58. The molecule has 0 saturated carbocycles. The lowest BCUT2D eigenvalue weighted by molar-refractivity contribution is 0.0482. The molecule has 15 heavy (non-hydrogen) atoms. The summed E-state index contributed by atoms with van der Waals surface area (Å²) in [6, 6.07) is 4.08. The van der Waals surface area contributed by atoms with Crippen LogP contribution in [0.25, 0.3) is 0 Å². The smallest absolute Gasteiger partial charge is 0.338 e. The Kier molecular flexibility index (Phi) is 4.39. The number of benzene rings is 1. The van der Waals surface area contributed by atoms with Crippen LogP contribution in [0, 0.1) is 0 Å². The van der Waals surface area contributed by atoms with Crippen molar-refractivity contribution in [3.8, 4) is 5.75 Å². The van der Waals surface area contributed by atoms with Crippen molar-refractivity contribution in [1.29, 1.82) is 0 Å². The first-order chi connectivity index (χ1) is 7.15. The van der Waals surface area contributed by atoms with E-state index in [2.05, 4.69) is 0 Å². The Morgan fingerprint density at radius 3 is 2.80 bits per heavy atom. The van der Waals surface area contributed by atoms with E-state index in [1.54, 1.807) is 0 Å². The Labute approximate surface area is 92.1 Å². The zero-order valence-corrected chi connectivity index (χ0v) is 8.70. The molecule has 0 radical (unpaired) electrons. The molecule has 0 aliphatic carbocycles. The summed E-state index contributed by atoms with van der Waals surface area (Å²) in [7, 11) is 0. The van der Waals surface area contributed by atoms with Crippen molar-refractivity contribution in [3.63, 3.8) is 0 Å². The van der Waals surface area contributed by atoms with E-state index in [0.29, 0.717) is 6.42 Å². The lowest BCUT2D eigenvalue weighted by Gasteiger charge is -2.04. The van der Waals surface area contributed by atoms with Gasteiger partial charge in [0, 0.05) is 13.0 Å². The van der Waals surface area contributed by atoms with Gasteiger partial charge in [0.15, 0.2) is 0 Å². The third-order valence-corrected chi connectivity index (χ3v) is 2.02. The molecule has 0 fully saturated rings. The summed E-state index contributed by atoms with van der Waals surface area (Å²) in [6.07, 6.45) is 0.400. The number of rotatable bonds is 4. The number of aliphatic hydroxyl groups is 1. The highest BCUT2D eigenvalue weighted by molar-refractivity contribution is 6.32. The van der Waals surface area contributed by atoms with E-state index in [-0.39, 0.29) is 29.5 Å². The second-order valence-corrected chi connectivity index (χ2v) is 3.29. The Hall–Kier alpha value is -1.26. The van der Waals surface area contributed by atoms with E-state index >= 15 is 0 Å². The highest BCUT2D eigenvalue weighted by atomic mass is 35.5. The van der Waals surface area contributed by atoms with Gasteiger partial charge in [-0.1, -0.05) is 11.6 Å². The van der Waals surface area contributed by atoms with Gasteiger partial charge in [-0.3, -0.25) is 0 Å². The van der Waals surface area contributed by atoms with Gasteiger partial charge in [0.25, 0.3) is 0 Å². The average molecular weight is 231 g/mol. The zero-order valence-electron chi connectivity index (χ0n) is 7.94. The molecular weight excluding hydrogens is 220 g/mol. The van der Waals surface area contributed by atoms with Crippen LogP contribution in [0.1, 0.15) is 16.8 Å². The molecule has 1 rings (SSSR count). The topological polar surface area (TPSA) is 66.8 Å². The molecule has 0 aliphatic heterocycles. The van der Waals surface area contributed by atoms with Gasteiger partial charge in [-0.25, -0.2) is 4.79 Å². The minimum atomic E-state index is -0.523. The fourth-order valence-corrected chi connectivity index (χ4v) is 1.13. The fraction of sp³-hybridized carbons (Fsp3) is 0.300. The summed E-state index contributed by atoms with van der Waals surface area (Å²) in [4.78, 5) is 11.3. The maximum atomic E-state index is 11.3. The van der Waals surface area contributed by atoms with E-state index in [4.69, 9.17) is 26.6 Å². The Morgan fingerprint density at radius 2 is 2.20 bits per heavy atom. The molecule has 0 spiro atoms. The minimum absolute atomic E-state index is 0.0242. The number of phenolic OH excluding ortho intramolecular Hbond substituents is 1. The van der Waals surface area contributed by atoms with Crippen LogP contribution in [0.5, 0.6) is 5.75 Å². The molecule has 0 aromatic heterocycles. The van der Waals surface area contributed by atoms with E-state index in [9.17, 15) is 4.79 Å². The van der Waals surface area contributed by atoms with E-state index in [1.165, 1.54) is 18.2 Å². The molecule has 0 heterocycles. The van der Waals surface area contributed by atoms with Gasteiger partial charge < -0.3 is 14.9 Å². The molecular formula is C10H11ClO4. The molecule has 1 aromatic rings. The van der Waals surface area contributed by atoms with E-state index in [0.717, 1.165) is 0 Å². The highest BCUT2D eigenvalue weighted by Gasteiger charge is 2.09. The van der Waals surface area contributed by atoms with Crippen LogP contribution in [0.15, 0.2) is 18.2 Å². The van der Waals surface area contributed by atoms with Crippen LogP contribution in [-0.2, 0) is 4.74 Å². The van der Waals surface area contributed by atoms with Crippen molar-refractivity contribution in [2.24, 2.45) is 0 Å². The van der Waals surface area contributed by atoms with Crippen LogP contribution in [0.4, 0.5) is 0 Å². The molecule has 5 heteroatoms. The standard InChI is InChI=1S/C10H11ClO4/c11-8-6-7(2-3-9(8)13)10(14)15-5-1-4-12/h2-3,6,12-13H,1,4-5H2. The third kappa shape index (κ3) is 3.42. The molecule has 0 atom stereocenters. The summed E-state index contributed by atoms with van der Waals surface area (Å²) >= 11 is 5.62. The molecule has 0 bridgehead atoms. The molecule has 0 saturated heterocycles. The van der Waals surface area contributed by atoms with Gasteiger partial charge >= 0.3 is 5.97 Å². The monoisotopic (exact) mass is 230 g/mol. The maximum absolute atomic E-state index is 11.3. The van der Waals surface area contributed by atoms with Crippen LogP contribution >= 0.6 is 11.6 Å². The number of aromatic hydroxyl groups is 1. The third-order valence-electron chi connectivity index (χ3n) is 1.72. The second kappa shape index (κ2) is 5.58.